The van der Waals surface area contributed by atoms with Gasteiger partial charge >= 0.3 is 0 Å². The van der Waals surface area contributed by atoms with Gasteiger partial charge in [-0.3, -0.25) is 0 Å². The van der Waals surface area contributed by atoms with Gasteiger partial charge in [-0.05, 0) is 54.6 Å². The molecule has 0 aliphatic rings. The molecule has 3 rings (SSSR count). The zero-order valence-electron chi connectivity index (χ0n) is 15.6. The molecular formula is C22H19F3O3. The lowest BCUT2D eigenvalue weighted by atomic mass is 9.83. The summed E-state index contributed by atoms with van der Waals surface area (Å²) in [6.45, 7) is 0. The van der Waals surface area contributed by atoms with E-state index in [0.717, 1.165) is 0 Å². The quantitative estimate of drug-likeness (QED) is 0.536. The average Bonchev–Trinajstić information content (AvgIpc) is 2.69. The lowest BCUT2D eigenvalue weighted by molar-refractivity contribution is 0.394. The van der Waals surface area contributed by atoms with Crippen molar-refractivity contribution in [1.29, 1.82) is 0 Å². The van der Waals surface area contributed by atoms with Crippen LogP contribution < -0.4 is 14.2 Å². The maximum absolute atomic E-state index is 14.1. The van der Waals surface area contributed by atoms with Gasteiger partial charge in [-0.15, -0.1) is 0 Å². The number of hydrogen-bond donors (Lipinski definition) is 0. The standard InChI is InChI=1S/C22H19F3O3/c1-26-19-7-4-13(23)10-16(19)22(17-11-14(24)5-8-20(17)27-2)18-12-15(25)6-9-21(18)28-3/h4-12,22H,1-3H3. The van der Waals surface area contributed by atoms with Crippen molar-refractivity contribution in [3.8, 4) is 17.2 Å². The summed E-state index contributed by atoms with van der Waals surface area (Å²) in [5.74, 6) is -1.23. The zero-order valence-corrected chi connectivity index (χ0v) is 15.6. The first-order valence-electron chi connectivity index (χ1n) is 8.48. The van der Waals surface area contributed by atoms with Gasteiger partial charge in [0.2, 0.25) is 0 Å². The number of methoxy groups -OCH3 is 3. The highest BCUT2D eigenvalue weighted by molar-refractivity contribution is 5.56. The number of rotatable bonds is 6. The Morgan fingerprint density at radius 3 is 1.07 bits per heavy atom. The Kier molecular flexibility index (Phi) is 5.78. The van der Waals surface area contributed by atoms with Crippen molar-refractivity contribution in [2.45, 2.75) is 5.92 Å². The smallest absolute Gasteiger partial charge is 0.123 e. The van der Waals surface area contributed by atoms with E-state index in [-0.39, 0.29) is 0 Å². The minimum absolute atomic E-state index is 0.365. The molecule has 0 saturated carbocycles. The van der Waals surface area contributed by atoms with Crippen LogP contribution in [-0.4, -0.2) is 21.3 Å². The molecule has 3 aromatic rings. The highest BCUT2D eigenvalue weighted by Gasteiger charge is 2.28. The topological polar surface area (TPSA) is 27.7 Å². The minimum Gasteiger partial charge on any atom is -0.496 e. The molecule has 0 unspecified atom stereocenters. The van der Waals surface area contributed by atoms with E-state index in [0.29, 0.717) is 33.9 Å². The fourth-order valence-corrected chi connectivity index (χ4v) is 3.29. The van der Waals surface area contributed by atoms with Gasteiger partial charge in [0, 0.05) is 22.6 Å². The highest BCUT2D eigenvalue weighted by Crippen LogP contribution is 2.44. The molecule has 0 saturated heterocycles. The lowest BCUT2D eigenvalue weighted by Gasteiger charge is -2.24. The summed E-state index contributed by atoms with van der Waals surface area (Å²) >= 11 is 0. The first-order valence-corrected chi connectivity index (χ1v) is 8.48. The van der Waals surface area contributed by atoms with E-state index in [2.05, 4.69) is 0 Å². The largest absolute Gasteiger partial charge is 0.496 e. The van der Waals surface area contributed by atoms with Crippen molar-refractivity contribution in [3.05, 3.63) is 88.7 Å². The van der Waals surface area contributed by atoms with Crippen LogP contribution >= 0.6 is 0 Å². The van der Waals surface area contributed by atoms with Gasteiger partial charge in [0.05, 0.1) is 21.3 Å². The predicted molar refractivity (Wildman–Crippen MR) is 99.8 cm³/mol. The summed E-state index contributed by atoms with van der Waals surface area (Å²) in [7, 11) is 4.33. The second-order valence-electron chi connectivity index (χ2n) is 6.09. The van der Waals surface area contributed by atoms with Crippen molar-refractivity contribution in [1.82, 2.24) is 0 Å². The van der Waals surface area contributed by atoms with Gasteiger partial charge in [-0.2, -0.15) is 0 Å². The third-order valence-corrected chi connectivity index (χ3v) is 4.51. The van der Waals surface area contributed by atoms with E-state index in [9.17, 15) is 13.2 Å². The Bertz CT molecular complexity index is 862. The van der Waals surface area contributed by atoms with Gasteiger partial charge in [0.15, 0.2) is 0 Å². The number of benzene rings is 3. The zero-order chi connectivity index (χ0) is 20.3. The predicted octanol–water partition coefficient (Wildman–Crippen LogP) is 5.31. The Hall–Kier alpha value is -3.15. The fourth-order valence-electron chi connectivity index (χ4n) is 3.29. The van der Waals surface area contributed by atoms with Crippen molar-refractivity contribution >= 4 is 0 Å². The lowest BCUT2D eigenvalue weighted by Crippen LogP contribution is -2.10. The first kappa shape index (κ1) is 19.6. The van der Waals surface area contributed by atoms with Crippen LogP contribution in [0.4, 0.5) is 13.2 Å². The maximum Gasteiger partial charge on any atom is 0.123 e. The molecular weight excluding hydrogens is 369 g/mol. The van der Waals surface area contributed by atoms with Crippen LogP contribution in [0.5, 0.6) is 17.2 Å². The van der Waals surface area contributed by atoms with Crippen LogP contribution in [-0.2, 0) is 0 Å². The molecule has 0 N–H and O–H groups in total. The molecule has 0 fully saturated rings. The van der Waals surface area contributed by atoms with Crippen molar-refractivity contribution in [2.75, 3.05) is 21.3 Å². The summed E-state index contributed by atoms with van der Waals surface area (Å²) in [5, 5.41) is 0. The van der Waals surface area contributed by atoms with E-state index >= 15 is 0 Å². The van der Waals surface area contributed by atoms with Crippen molar-refractivity contribution in [3.63, 3.8) is 0 Å². The first-order chi connectivity index (χ1) is 13.5. The third kappa shape index (κ3) is 3.76. The Morgan fingerprint density at radius 1 is 0.536 bits per heavy atom. The van der Waals surface area contributed by atoms with Gasteiger partial charge < -0.3 is 14.2 Å². The maximum atomic E-state index is 14.1. The van der Waals surface area contributed by atoms with Crippen LogP contribution in [0.2, 0.25) is 0 Å². The summed E-state index contributed by atoms with van der Waals surface area (Å²) in [6, 6.07) is 12.0. The molecule has 0 atom stereocenters. The summed E-state index contributed by atoms with van der Waals surface area (Å²) in [6.07, 6.45) is 0. The van der Waals surface area contributed by atoms with Gasteiger partial charge in [-0.25, -0.2) is 13.2 Å². The molecule has 0 bridgehead atoms. The normalized spacial score (nSPS) is 10.8. The molecule has 0 spiro atoms. The van der Waals surface area contributed by atoms with E-state index < -0.39 is 23.4 Å². The number of hydrogen-bond acceptors (Lipinski definition) is 3. The molecule has 146 valence electrons. The fraction of sp³-hybridized carbons (Fsp3) is 0.182. The molecule has 0 aromatic heterocycles. The Labute approximate surface area is 161 Å². The molecule has 0 heterocycles. The minimum atomic E-state index is -0.804. The molecule has 0 amide bonds. The average molecular weight is 388 g/mol. The molecule has 28 heavy (non-hydrogen) atoms. The van der Waals surface area contributed by atoms with E-state index in [1.807, 2.05) is 0 Å². The third-order valence-electron chi connectivity index (χ3n) is 4.51. The molecule has 0 aliphatic carbocycles. The summed E-state index contributed by atoms with van der Waals surface area (Å²) in [5.41, 5.74) is 1.15. The van der Waals surface area contributed by atoms with E-state index in [4.69, 9.17) is 14.2 Å². The van der Waals surface area contributed by atoms with E-state index in [1.54, 1.807) is 0 Å². The number of ether oxygens (including phenoxy) is 3. The van der Waals surface area contributed by atoms with Crippen LogP contribution in [0.3, 0.4) is 0 Å². The van der Waals surface area contributed by atoms with Crippen molar-refractivity contribution < 1.29 is 27.4 Å². The highest BCUT2D eigenvalue weighted by atomic mass is 19.1. The van der Waals surface area contributed by atoms with Crippen LogP contribution in [0.1, 0.15) is 22.6 Å². The van der Waals surface area contributed by atoms with Gasteiger partial charge in [0.1, 0.15) is 34.7 Å². The van der Waals surface area contributed by atoms with E-state index in [1.165, 1.54) is 75.9 Å². The number of halogens is 3. The Morgan fingerprint density at radius 2 is 0.821 bits per heavy atom. The summed E-state index contributed by atoms with van der Waals surface area (Å²) in [4.78, 5) is 0. The Balaban J connectivity index is 2.38. The van der Waals surface area contributed by atoms with Gasteiger partial charge in [0.25, 0.3) is 0 Å². The molecule has 3 nitrogen and oxygen atoms in total. The summed E-state index contributed by atoms with van der Waals surface area (Å²) < 4.78 is 58.6. The van der Waals surface area contributed by atoms with Crippen LogP contribution in [0.25, 0.3) is 0 Å². The monoisotopic (exact) mass is 388 g/mol. The van der Waals surface area contributed by atoms with Crippen LogP contribution in [0.15, 0.2) is 54.6 Å². The molecule has 0 aliphatic heterocycles. The molecule has 6 heteroatoms. The van der Waals surface area contributed by atoms with Gasteiger partial charge in [-0.1, -0.05) is 0 Å². The van der Waals surface area contributed by atoms with Crippen molar-refractivity contribution in [2.24, 2.45) is 0 Å². The molecule has 3 aromatic carbocycles. The molecule has 0 radical (unpaired) electrons. The van der Waals surface area contributed by atoms with Crippen LogP contribution in [0, 0.1) is 17.5 Å². The second-order valence-corrected chi connectivity index (χ2v) is 6.09. The second kappa shape index (κ2) is 8.25. The SMILES string of the molecule is COc1ccc(F)cc1C(c1cc(F)ccc1OC)c1cc(F)ccc1OC.